The normalized spacial score (nSPS) is 13.2. The van der Waals surface area contributed by atoms with Crippen LogP contribution in [0.3, 0.4) is 0 Å². The van der Waals surface area contributed by atoms with Gasteiger partial charge < -0.3 is 10.6 Å². The predicted molar refractivity (Wildman–Crippen MR) is 107 cm³/mol. The first-order valence-electron chi connectivity index (χ1n) is 9.20. The van der Waals surface area contributed by atoms with Gasteiger partial charge in [0.15, 0.2) is 0 Å². The van der Waals surface area contributed by atoms with Gasteiger partial charge in [-0.05, 0) is 35.9 Å². The molecular weight excluding hydrogens is 414 g/mol. The van der Waals surface area contributed by atoms with Gasteiger partial charge in [-0.25, -0.2) is 8.78 Å². The van der Waals surface area contributed by atoms with Crippen molar-refractivity contribution in [2.75, 3.05) is 6.54 Å². The molecule has 3 aromatic rings. The van der Waals surface area contributed by atoms with Crippen molar-refractivity contribution in [3.05, 3.63) is 75.9 Å². The number of primary amides is 1. The molecule has 1 aliphatic heterocycles. The number of nitrogens with zero attached hydrogens (tertiary/aromatic N) is 3. The van der Waals surface area contributed by atoms with Crippen LogP contribution in [0.2, 0.25) is 5.02 Å². The second-order valence-electron chi connectivity index (χ2n) is 7.01. The third-order valence-electron chi connectivity index (χ3n) is 5.04. The second kappa shape index (κ2) is 7.87. The summed E-state index contributed by atoms with van der Waals surface area (Å²) >= 11 is 5.87. The van der Waals surface area contributed by atoms with Crippen LogP contribution in [0.15, 0.2) is 42.5 Å². The molecule has 1 aliphatic rings. The Kier molecular flexibility index (Phi) is 5.26. The molecular formula is C21H17ClF2N4O2. The molecule has 0 bridgehead atoms. The summed E-state index contributed by atoms with van der Waals surface area (Å²) in [6.07, 6.45) is 0.112. The minimum Gasteiger partial charge on any atom is -0.365 e. The van der Waals surface area contributed by atoms with Crippen LogP contribution >= 0.6 is 11.6 Å². The fraction of sp³-hybridized carbons (Fsp3) is 0.190. The molecule has 0 unspecified atom stereocenters. The summed E-state index contributed by atoms with van der Waals surface area (Å²) in [5.74, 6) is -1.80. The number of carbonyl (C=O) groups is 2. The van der Waals surface area contributed by atoms with Crippen molar-refractivity contribution in [1.29, 1.82) is 0 Å². The number of carbonyl (C=O) groups excluding carboxylic acids is 2. The van der Waals surface area contributed by atoms with E-state index in [9.17, 15) is 18.4 Å². The molecule has 9 heteroatoms. The monoisotopic (exact) mass is 430 g/mol. The van der Waals surface area contributed by atoms with Gasteiger partial charge in [0.05, 0.1) is 35.8 Å². The molecule has 0 saturated carbocycles. The lowest BCUT2D eigenvalue weighted by molar-refractivity contribution is -0.132. The van der Waals surface area contributed by atoms with E-state index >= 15 is 0 Å². The van der Waals surface area contributed by atoms with Gasteiger partial charge in [-0.1, -0.05) is 23.7 Å². The Morgan fingerprint density at radius 1 is 1.10 bits per heavy atom. The zero-order chi connectivity index (χ0) is 21.4. The Labute approximate surface area is 175 Å². The van der Waals surface area contributed by atoms with E-state index < -0.39 is 11.7 Å². The Bertz CT molecular complexity index is 1140. The summed E-state index contributed by atoms with van der Waals surface area (Å²) in [5.41, 5.74) is 7.75. The van der Waals surface area contributed by atoms with E-state index in [0.29, 0.717) is 35.6 Å². The number of halogens is 3. The third-order valence-corrected chi connectivity index (χ3v) is 5.33. The predicted octanol–water partition coefficient (Wildman–Crippen LogP) is 3.17. The number of rotatable bonds is 4. The highest BCUT2D eigenvalue weighted by molar-refractivity contribution is 6.31. The van der Waals surface area contributed by atoms with Gasteiger partial charge in [0, 0.05) is 12.1 Å². The van der Waals surface area contributed by atoms with E-state index in [0.717, 1.165) is 0 Å². The first-order chi connectivity index (χ1) is 14.3. The van der Waals surface area contributed by atoms with Crippen LogP contribution in [0.4, 0.5) is 8.78 Å². The maximum Gasteiger partial charge on any atom is 0.252 e. The van der Waals surface area contributed by atoms with E-state index in [1.54, 1.807) is 21.7 Å². The molecule has 4 rings (SSSR count). The lowest BCUT2D eigenvalue weighted by Crippen LogP contribution is -2.40. The number of hydrogen-bond acceptors (Lipinski definition) is 3. The molecule has 0 atom stereocenters. The summed E-state index contributed by atoms with van der Waals surface area (Å²) in [7, 11) is 0. The summed E-state index contributed by atoms with van der Waals surface area (Å²) in [6.45, 7) is 0.927. The maximum absolute atomic E-state index is 13.5. The SMILES string of the molecule is NC(=O)c1c(-c2ccc(F)c(Cl)c2)nn2c1CN(C(=O)Cc1ccc(F)cc1)CC2. The highest BCUT2D eigenvalue weighted by Gasteiger charge is 2.29. The third kappa shape index (κ3) is 3.78. The van der Waals surface area contributed by atoms with Crippen molar-refractivity contribution < 1.29 is 18.4 Å². The summed E-state index contributed by atoms with van der Waals surface area (Å²) in [4.78, 5) is 26.5. The van der Waals surface area contributed by atoms with Crippen molar-refractivity contribution in [1.82, 2.24) is 14.7 Å². The largest absolute Gasteiger partial charge is 0.365 e. The molecule has 0 fully saturated rings. The van der Waals surface area contributed by atoms with Crippen LogP contribution in [0.1, 0.15) is 21.6 Å². The Balaban J connectivity index is 1.63. The van der Waals surface area contributed by atoms with Crippen molar-refractivity contribution in [3.8, 4) is 11.3 Å². The Morgan fingerprint density at radius 3 is 2.50 bits per heavy atom. The van der Waals surface area contributed by atoms with Crippen LogP contribution in [0.25, 0.3) is 11.3 Å². The number of nitrogens with two attached hydrogens (primary N) is 1. The number of amides is 2. The first kappa shape index (κ1) is 20.0. The van der Waals surface area contributed by atoms with Crippen molar-refractivity contribution in [2.24, 2.45) is 5.73 Å². The molecule has 0 saturated heterocycles. The number of hydrogen-bond donors (Lipinski definition) is 1. The molecule has 0 aliphatic carbocycles. The van der Waals surface area contributed by atoms with Gasteiger partial charge in [-0.2, -0.15) is 5.10 Å². The van der Waals surface area contributed by atoms with Crippen LogP contribution in [-0.4, -0.2) is 33.0 Å². The van der Waals surface area contributed by atoms with E-state index in [1.165, 1.54) is 30.3 Å². The molecule has 1 aromatic heterocycles. The van der Waals surface area contributed by atoms with Gasteiger partial charge in [-0.3, -0.25) is 14.3 Å². The van der Waals surface area contributed by atoms with Crippen molar-refractivity contribution in [2.45, 2.75) is 19.5 Å². The van der Waals surface area contributed by atoms with Gasteiger partial charge in [-0.15, -0.1) is 0 Å². The smallest absolute Gasteiger partial charge is 0.252 e. The van der Waals surface area contributed by atoms with Gasteiger partial charge >= 0.3 is 0 Å². The van der Waals surface area contributed by atoms with E-state index in [1.807, 2.05) is 0 Å². The highest BCUT2D eigenvalue weighted by Crippen LogP contribution is 2.30. The van der Waals surface area contributed by atoms with E-state index in [2.05, 4.69) is 5.10 Å². The quantitative estimate of drug-likeness (QED) is 0.690. The fourth-order valence-electron chi connectivity index (χ4n) is 3.52. The Morgan fingerprint density at radius 2 is 1.83 bits per heavy atom. The van der Waals surface area contributed by atoms with Crippen LogP contribution in [0, 0.1) is 11.6 Å². The molecule has 30 heavy (non-hydrogen) atoms. The lowest BCUT2D eigenvalue weighted by atomic mass is 10.0. The van der Waals surface area contributed by atoms with Crippen molar-refractivity contribution >= 4 is 23.4 Å². The molecule has 2 N–H and O–H groups in total. The van der Waals surface area contributed by atoms with Crippen LogP contribution in [-0.2, 0) is 24.3 Å². The average Bonchev–Trinajstić information content (AvgIpc) is 3.10. The topological polar surface area (TPSA) is 81.2 Å². The Hall–Kier alpha value is -3.26. The molecule has 0 spiro atoms. The van der Waals surface area contributed by atoms with E-state index in [4.69, 9.17) is 17.3 Å². The molecule has 154 valence electrons. The molecule has 2 aromatic carbocycles. The zero-order valence-electron chi connectivity index (χ0n) is 15.7. The second-order valence-corrected chi connectivity index (χ2v) is 7.41. The standard InChI is InChI=1S/C21H17ClF2N4O2/c22-15-10-13(3-6-16(15)24)20-19(21(25)30)17-11-27(7-8-28(17)26-20)18(29)9-12-1-4-14(23)5-2-12/h1-6,10H,7-9,11H2,(H2,25,30). The van der Waals surface area contributed by atoms with Gasteiger partial charge in [0.25, 0.3) is 5.91 Å². The minimum absolute atomic E-state index is 0.0926. The highest BCUT2D eigenvalue weighted by atomic mass is 35.5. The molecule has 2 heterocycles. The average molecular weight is 431 g/mol. The number of benzene rings is 2. The number of aromatic nitrogens is 2. The zero-order valence-corrected chi connectivity index (χ0v) is 16.5. The lowest BCUT2D eigenvalue weighted by Gasteiger charge is -2.28. The summed E-state index contributed by atoms with van der Waals surface area (Å²) in [6, 6.07) is 9.78. The minimum atomic E-state index is -0.695. The maximum atomic E-state index is 13.5. The van der Waals surface area contributed by atoms with Crippen molar-refractivity contribution in [3.63, 3.8) is 0 Å². The molecule has 6 nitrogen and oxygen atoms in total. The first-order valence-corrected chi connectivity index (χ1v) is 9.58. The fourth-order valence-corrected chi connectivity index (χ4v) is 3.70. The van der Waals surface area contributed by atoms with Gasteiger partial charge in [0.1, 0.15) is 17.3 Å². The number of fused-ring (bicyclic) bond motifs is 1. The van der Waals surface area contributed by atoms with Crippen LogP contribution < -0.4 is 5.73 Å². The van der Waals surface area contributed by atoms with Gasteiger partial charge in [0.2, 0.25) is 5.91 Å². The van der Waals surface area contributed by atoms with Crippen LogP contribution in [0.5, 0.6) is 0 Å². The molecule has 2 amide bonds. The molecule has 0 radical (unpaired) electrons. The summed E-state index contributed by atoms with van der Waals surface area (Å²) in [5, 5.41) is 4.36. The van der Waals surface area contributed by atoms with E-state index in [-0.39, 0.29) is 35.3 Å². The summed E-state index contributed by atoms with van der Waals surface area (Å²) < 4.78 is 28.2.